The van der Waals surface area contributed by atoms with Gasteiger partial charge < -0.3 is 10.5 Å². The molecule has 0 atom stereocenters. The molecule has 18 heavy (non-hydrogen) atoms. The molecule has 0 amide bonds. The van der Waals surface area contributed by atoms with Gasteiger partial charge in [0.05, 0.1) is 12.8 Å². The lowest BCUT2D eigenvalue weighted by atomic mass is 9.97. The highest BCUT2D eigenvalue weighted by molar-refractivity contribution is 7.09. The Bertz CT molecular complexity index is 575. The first-order chi connectivity index (χ1) is 8.58. The van der Waals surface area contributed by atoms with Gasteiger partial charge >= 0.3 is 0 Å². The van der Waals surface area contributed by atoms with E-state index in [4.69, 9.17) is 10.5 Å². The Labute approximate surface area is 112 Å². The van der Waals surface area contributed by atoms with E-state index in [1.54, 1.807) is 18.4 Å². The minimum atomic E-state index is 0.483. The molecule has 0 bridgehead atoms. The van der Waals surface area contributed by atoms with E-state index in [1.165, 1.54) is 16.7 Å². The van der Waals surface area contributed by atoms with E-state index in [2.05, 4.69) is 31.8 Å². The molecule has 0 unspecified atom stereocenters. The quantitative estimate of drug-likeness (QED) is 0.924. The molecule has 0 saturated heterocycles. The van der Waals surface area contributed by atoms with Gasteiger partial charge in [-0.3, -0.25) is 0 Å². The number of ether oxygens (including phenoxy) is 1. The number of rotatable bonds is 3. The molecular weight excluding hydrogens is 244 g/mol. The van der Waals surface area contributed by atoms with Crippen LogP contribution in [0, 0.1) is 20.8 Å². The second-order valence-corrected chi connectivity index (χ2v) is 5.32. The Morgan fingerprint density at radius 1 is 1.28 bits per heavy atom. The van der Waals surface area contributed by atoms with Crippen molar-refractivity contribution in [3.8, 4) is 17.0 Å². The highest BCUT2D eigenvalue weighted by atomic mass is 32.1. The molecule has 0 aliphatic heterocycles. The average molecular weight is 262 g/mol. The predicted molar refractivity (Wildman–Crippen MR) is 76.2 cm³/mol. The zero-order valence-electron chi connectivity index (χ0n) is 11.2. The van der Waals surface area contributed by atoms with Gasteiger partial charge in [0.25, 0.3) is 0 Å². The number of nitrogens with zero attached hydrogens (tertiary/aromatic N) is 1. The number of hydrogen-bond donors (Lipinski definition) is 1. The summed E-state index contributed by atoms with van der Waals surface area (Å²) in [6, 6.07) is 2.18. The maximum atomic E-state index is 5.62. The number of thiazole rings is 1. The molecule has 0 spiro atoms. The van der Waals surface area contributed by atoms with E-state index in [0.717, 1.165) is 22.0 Å². The number of aryl methyl sites for hydroxylation is 2. The van der Waals surface area contributed by atoms with E-state index in [1.807, 2.05) is 5.38 Å². The predicted octanol–water partition coefficient (Wildman–Crippen LogP) is 3.20. The van der Waals surface area contributed by atoms with Crippen LogP contribution in [0.25, 0.3) is 11.3 Å². The van der Waals surface area contributed by atoms with Crippen LogP contribution in [-0.2, 0) is 6.54 Å². The van der Waals surface area contributed by atoms with Crippen molar-refractivity contribution in [1.82, 2.24) is 4.98 Å². The molecule has 0 fully saturated rings. The van der Waals surface area contributed by atoms with Crippen molar-refractivity contribution in [2.75, 3.05) is 7.11 Å². The van der Waals surface area contributed by atoms with Crippen molar-refractivity contribution in [1.29, 1.82) is 0 Å². The molecular formula is C14H18N2OS. The van der Waals surface area contributed by atoms with Crippen molar-refractivity contribution in [2.24, 2.45) is 5.73 Å². The second kappa shape index (κ2) is 5.08. The first-order valence-corrected chi connectivity index (χ1v) is 6.76. The first-order valence-electron chi connectivity index (χ1n) is 5.88. The van der Waals surface area contributed by atoms with Crippen LogP contribution in [0.3, 0.4) is 0 Å². The van der Waals surface area contributed by atoms with E-state index < -0.39 is 0 Å². The van der Waals surface area contributed by atoms with Crippen molar-refractivity contribution in [3.63, 3.8) is 0 Å². The minimum Gasteiger partial charge on any atom is -0.496 e. The van der Waals surface area contributed by atoms with Crippen LogP contribution in [0.4, 0.5) is 0 Å². The molecule has 0 radical (unpaired) electrons. The maximum absolute atomic E-state index is 5.62. The van der Waals surface area contributed by atoms with Crippen LogP contribution in [-0.4, -0.2) is 12.1 Å². The standard InChI is InChI=1S/C14H18N2OS/c1-8-5-9(2)13(14(17-4)10(8)3)11-7-18-12(6-15)16-11/h5,7H,6,15H2,1-4H3. The fourth-order valence-electron chi connectivity index (χ4n) is 2.14. The average Bonchev–Trinajstić information content (AvgIpc) is 2.81. The van der Waals surface area contributed by atoms with E-state index in [9.17, 15) is 0 Å². The van der Waals surface area contributed by atoms with Gasteiger partial charge in [0.15, 0.2) is 0 Å². The molecule has 1 aromatic heterocycles. The topological polar surface area (TPSA) is 48.1 Å². The third kappa shape index (κ3) is 2.13. The van der Waals surface area contributed by atoms with Gasteiger partial charge in [-0.05, 0) is 37.5 Å². The first kappa shape index (κ1) is 13.1. The van der Waals surface area contributed by atoms with Gasteiger partial charge in [0.2, 0.25) is 0 Å². The normalized spacial score (nSPS) is 10.7. The van der Waals surface area contributed by atoms with Crippen LogP contribution in [0.2, 0.25) is 0 Å². The van der Waals surface area contributed by atoms with Gasteiger partial charge in [-0.1, -0.05) is 6.07 Å². The van der Waals surface area contributed by atoms with Gasteiger partial charge in [-0.15, -0.1) is 11.3 Å². The summed E-state index contributed by atoms with van der Waals surface area (Å²) >= 11 is 1.59. The summed E-state index contributed by atoms with van der Waals surface area (Å²) in [6.45, 7) is 6.75. The minimum absolute atomic E-state index is 0.483. The van der Waals surface area contributed by atoms with Gasteiger partial charge in [0.1, 0.15) is 10.8 Å². The molecule has 0 aliphatic rings. The molecule has 0 saturated carbocycles. The van der Waals surface area contributed by atoms with Crippen molar-refractivity contribution in [3.05, 3.63) is 33.1 Å². The lowest BCUT2D eigenvalue weighted by molar-refractivity contribution is 0.412. The monoisotopic (exact) mass is 262 g/mol. The molecule has 96 valence electrons. The molecule has 0 aliphatic carbocycles. The van der Waals surface area contributed by atoms with E-state index in [0.29, 0.717) is 6.54 Å². The Morgan fingerprint density at radius 2 is 2.00 bits per heavy atom. The lowest BCUT2D eigenvalue weighted by Gasteiger charge is -2.15. The van der Waals surface area contributed by atoms with Crippen LogP contribution >= 0.6 is 11.3 Å². The highest BCUT2D eigenvalue weighted by Crippen LogP contribution is 2.37. The van der Waals surface area contributed by atoms with Gasteiger partial charge in [0, 0.05) is 17.5 Å². The smallest absolute Gasteiger partial charge is 0.131 e. The summed E-state index contributed by atoms with van der Waals surface area (Å²) in [5, 5.41) is 2.99. The number of hydrogen-bond acceptors (Lipinski definition) is 4. The lowest BCUT2D eigenvalue weighted by Crippen LogP contribution is -1.98. The maximum Gasteiger partial charge on any atom is 0.131 e. The van der Waals surface area contributed by atoms with Crippen LogP contribution < -0.4 is 10.5 Å². The molecule has 1 aromatic carbocycles. The Hall–Kier alpha value is -1.39. The molecule has 1 heterocycles. The number of methoxy groups -OCH3 is 1. The van der Waals surface area contributed by atoms with Crippen molar-refractivity contribution >= 4 is 11.3 Å². The third-order valence-electron chi connectivity index (χ3n) is 3.17. The SMILES string of the molecule is COc1c(C)c(C)cc(C)c1-c1csc(CN)n1. The zero-order valence-corrected chi connectivity index (χ0v) is 12.0. The summed E-state index contributed by atoms with van der Waals surface area (Å²) in [4.78, 5) is 4.55. The summed E-state index contributed by atoms with van der Waals surface area (Å²) in [6.07, 6.45) is 0. The van der Waals surface area contributed by atoms with Crippen LogP contribution in [0.5, 0.6) is 5.75 Å². The summed E-state index contributed by atoms with van der Waals surface area (Å²) in [5.74, 6) is 0.918. The molecule has 4 heteroatoms. The molecule has 2 aromatic rings. The summed E-state index contributed by atoms with van der Waals surface area (Å²) in [5.41, 5.74) is 11.2. The summed E-state index contributed by atoms with van der Waals surface area (Å²) in [7, 11) is 1.71. The number of benzene rings is 1. The fraction of sp³-hybridized carbons (Fsp3) is 0.357. The fourth-order valence-corrected chi connectivity index (χ4v) is 2.81. The summed E-state index contributed by atoms with van der Waals surface area (Å²) < 4.78 is 5.57. The second-order valence-electron chi connectivity index (χ2n) is 4.37. The molecule has 2 rings (SSSR count). The zero-order chi connectivity index (χ0) is 13.3. The van der Waals surface area contributed by atoms with Crippen LogP contribution in [0.15, 0.2) is 11.4 Å². The van der Waals surface area contributed by atoms with Gasteiger partial charge in [-0.2, -0.15) is 0 Å². The molecule has 3 nitrogen and oxygen atoms in total. The van der Waals surface area contributed by atoms with Crippen LogP contribution in [0.1, 0.15) is 21.7 Å². The van der Waals surface area contributed by atoms with Gasteiger partial charge in [-0.25, -0.2) is 4.98 Å². The van der Waals surface area contributed by atoms with E-state index >= 15 is 0 Å². The highest BCUT2D eigenvalue weighted by Gasteiger charge is 2.16. The Morgan fingerprint density at radius 3 is 2.56 bits per heavy atom. The third-order valence-corrected chi connectivity index (χ3v) is 4.04. The van der Waals surface area contributed by atoms with E-state index in [-0.39, 0.29) is 0 Å². The molecule has 2 N–H and O–H groups in total. The number of nitrogens with two attached hydrogens (primary N) is 1. The van der Waals surface area contributed by atoms with Crippen molar-refractivity contribution in [2.45, 2.75) is 27.3 Å². The Kier molecular flexibility index (Phi) is 3.68. The van der Waals surface area contributed by atoms with Crippen molar-refractivity contribution < 1.29 is 4.74 Å². The number of aromatic nitrogens is 1. The largest absolute Gasteiger partial charge is 0.496 e. The Balaban J connectivity index is 2.66.